The Morgan fingerprint density at radius 2 is 2.11 bits per heavy atom. The lowest BCUT2D eigenvalue weighted by atomic mass is 10.1. The lowest BCUT2D eigenvalue weighted by Gasteiger charge is -2.30. The number of β-amino-alcohol motifs (C(OH)–C–C–N with tert-alkyl or cyclic N) is 1. The number of nitrogens with one attached hydrogen (secondary N) is 1. The van der Waals surface area contributed by atoms with E-state index in [4.69, 9.17) is 0 Å². The summed E-state index contributed by atoms with van der Waals surface area (Å²) < 4.78 is 0. The maximum atomic E-state index is 12.1. The van der Waals surface area contributed by atoms with Gasteiger partial charge in [0, 0.05) is 25.0 Å². The topological polar surface area (TPSA) is 52.6 Å². The molecule has 2 aliphatic rings. The number of nitrogens with zero attached hydrogens (tertiary/aromatic N) is 1. The molecule has 102 valence electrons. The second-order valence-corrected chi connectivity index (χ2v) is 5.55. The Morgan fingerprint density at radius 1 is 1.32 bits per heavy atom. The molecule has 19 heavy (non-hydrogen) atoms. The number of amides is 2. The third kappa shape index (κ3) is 2.89. The van der Waals surface area contributed by atoms with Crippen LogP contribution in [0.25, 0.3) is 0 Å². The van der Waals surface area contributed by atoms with Gasteiger partial charge in [-0.1, -0.05) is 30.3 Å². The van der Waals surface area contributed by atoms with Gasteiger partial charge in [0.2, 0.25) is 0 Å². The Balaban J connectivity index is 1.52. The van der Waals surface area contributed by atoms with Crippen molar-refractivity contribution in [2.24, 2.45) is 0 Å². The maximum Gasteiger partial charge on any atom is 0.317 e. The molecule has 0 radical (unpaired) electrons. The van der Waals surface area contributed by atoms with E-state index in [1.165, 1.54) is 5.56 Å². The minimum absolute atomic E-state index is 0.0258. The summed E-state index contributed by atoms with van der Waals surface area (Å²) >= 11 is 0. The van der Waals surface area contributed by atoms with Gasteiger partial charge in [0.15, 0.2) is 0 Å². The average Bonchev–Trinajstić information content (AvgIpc) is 3.19. The van der Waals surface area contributed by atoms with Crippen molar-refractivity contribution in [2.75, 3.05) is 13.1 Å². The summed E-state index contributed by atoms with van der Waals surface area (Å²) in [5, 5.41) is 12.7. The lowest BCUT2D eigenvalue weighted by Crippen LogP contribution is -2.47. The molecule has 1 heterocycles. The fourth-order valence-electron chi connectivity index (χ4n) is 2.81. The van der Waals surface area contributed by atoms with Gasteiger partial charge in [-0.05, 0) is 24.8 Å². The number of carbonyl (C=O) groups is 1. The molecule has 3 unspecified atom stereocenters. The molecule has 1 aromatic rings. The van der Waals surface area contributed by atoms with Crippen molar-refractivity contribution in [1.29, 1.82) is 0 Å². The van der Waals surface area contributed by atoms with Crippen LogP contribution in [0.2, 0.25) is 0 Å². The van der Waals surface area contributed by atoms with Crippen LogP contribution in [0.5, 0.6) is 0 Å². The van der Waals surface area contributed by atoms with Gasteiger partial charge in [-0.2, -0.15) is 0 Å². The molecule has 0 spiro atoms. The van der Waals surface area contributed by atoms with E-state index in [-0.39, 0.29) is 18.2 Å². The predicted octanol–water partition coefficient (Wildman–Crippen LogP) is 1.71. The van der Waals surface area contributed by atoms with Gasteiger partial charge in [-0.3, -0.25) is 0 Å². The number of hydrogen-bond donors (Lipinski definition) is 2. The molecule has 2 fully saturated rings. The van der Waals surface area contributed by atoms with Crippen LogP contribution in [0.1, 0.15) is 30.7 Å². The quantitative estimate of drug-likeness (QED) is 0.850. The lowest BCUT2D eigenvalue weighted by molar-refractivity contribution is 0.0841. The molecular formula is C15H20N2O2. The fraction of sp³-hybridized carbons (Fsp3) is 0.533. The van der Waals surface area contributed by atoms with Crippen LogP contribution >= 0.6 is 0 Å². The van der Waals surface area contributed by atoms with Crippen LogP contribution in [0.15, 0.2) is 30.3 Å². The van der Waals surface area contributed by atoms with Gasteiger partial charge in [0.25, 0.3) is 0 Å². The molecule has 4 nitrogen and oxygen atoms in total. The summed E-state index contributed by atoms with van der Waals surface area (Å²) in [7, 11) is 0. The smallest absolute Gasteiger partial charge is 0.317 e. The summed E-state index contributed by atoms with van der Waals surface area (Å²) in [6.45, 7) is 1.22. The normalized spacial score (nSPS) is 29.9. The van der Waals surface area contributed by atoms with Gasteiger partial charge >= 0.3 is 6.03 Å². The molecule has 3 atom stereocenters. The highest BCUT2D eigenvalue weighted by molar-refractivity contribution is 5.75. The van der Waals surface area contributed by atoms with E-state index >= 15 is 0 Å². The molecule has 3 rings (SSSR count). The third-order valence-corrected chi connectivity index (χ3v) is 4.01. The number of rotatable bonds is 2. The number of piperidine rings is 1. The van der Waals surface area contributed by atoms with Gasteiger partial charge in [0.05, 0.1) is 6.10 Å². The molecule has 1 aromatic carbocycles. The summed E-state index contributed by atoms with van der Waals surface area (Å²) in [5.41, 5.74) is 1.30. The van der Waals surface area contributed by atoms with Crippen LogP contribution in [0, 0.1) is 0 Å². The fourth-order valence-corrected chi connectivity index (χ4v) is 2.81. The van der Waals surface area contributed by atoms with Gasteiger partial charge in [-0.25, -0.2) is 4.79 Å². The van der Waals surface area contributed by atoms with E-state index in [0.29, 0.717) is 12.5 Å². The minimum atomic E-state index is -0.358. The molecule has 4 heteroatoms. The first-order chi connectivity index (χ1) is 9.24. The third-order valence-electron chi connectivity index (χ3n) is 4.01. The molecular weight excluding hydrogens is 240 g/mol. The number of aliphatic hydroxyl groups is 1. The number of aliphatic hydroxyl groups excluding tert-OH is 1. The van der Waals surface area contributed by atoms with E-state index in [0.717, 1.165) is 25.8 Å². The zero-order chi connectivity index (χ0) is 13.2. The van der Waals surface area contributed by atoms with Crippen molar-refractivity contribution in [3.63, 3.8) is 0 Å². The first-order valence-corrected chi connectivity index (χ1v) is 7.02. The standard InChI is InChI=1S/C15H20N2O2/c18-12-7-4-8-17(10-12)15(19)16-14-9-13(14)11-5-2-1-3-6-11/h1-3,5-6,12-14,18H,4,7-10H2,(H,16,19). The molecule has 2 amide bonds. The van der Waals surface area contributed by atoms with Gasteiger partial charge in [0.1, 0.15) is 0 Å². The summed E-state index contributed by atoms with van der Waals surface area (Å²) in [4.78, 5) is 13.8. The molecule has 1 saturated heterocycles. The van der Waals surface area contributed by atoms with Crippen molar-refractivity contribution in [3.05, 3.63) is 35.9 Å². The van der Waals surface area contributed by atoms with Crippen LogP contribution in [0.3, 0.4) is 0 Å². The number of hydrogen-bond acceptors (Lipinski definition) is 2. The zero-order valence-corrected chi connectivity index (χ0v) is 11.0. The Morgan fingerprint density at radius 3 is 2.84 bits per heavy atom. The maximum absolute atomic E-state index is 12.1. The Bertz CT molecular complexity index is 449. The van der Waals surface area contributed by atoms with Gasteiger partial charge in [-0.15, -0.1) is 0 Å². The number of likely N-dealkylation sites (tertiary alicyclic amines) is 1. The monoisotopic (exact) mass is 260 g/mol. The zero-order valence-electron chi connectivity index (χ0n) is 11.0. The van der Waals surface area contributed by atoms with Crippen molar-refractivity contribution < 1.29 is 9.90 Å². The molecule has 0 bridgehead atoms. The highest BCUT2D eigenvalue weighted by atomic mass is 16.3. The predicted molar refractivity (Wildman–Crippen MR) is 72.9 cm³/mol. The van der Waals surface area contributed by atoms with E-state index < -0.39 is 0 Å². The second kappa shape index (κ2) is 5.21. The SMILES string of the molecule is O=C(NC1CC1c1ccccc1)N1CCCC(O)C1. The van der Waals surface area contributed by atoms with Gasteiger partial charge < -0.3 is 15.3 Å². The first-order valence-electron chi connectivity index (χ1n) is 7.02. The van der Waals surface area contributed by atoms with E-state index in [2.05, 4.69) is 17.4 Å². The molecule has 1 saturated carbocycles. The molecule has 0 aromatic heterocycles. The highest BCUT2D eigenvalue weighted by Crippen LogP contribution is 2.40. The number of carbonyl (C=O) groups excluding carboxylic acids is 1. The number of benzene rings is 1. The van der Waals surface area contributed by atoms with Crippen molar-refractivity contribution >= 4 is 6.03 Å². The van der Waals surface area contributed by atoms with Crippen molar-refractivity contribution in [2.45, 2.75) is 37.3 Å². The molecule has 1 aliphatic heterocycles. The van der Waals surface area contributed by atoms with Crippen LogP contribution in [-0.2, 0) is 0 Å². The first kappa shape index (κ1) is 12.5. The Hall–Kier alpha value is -1.55. The van der Waals surface area contributed by atoms with Crippen molar-refractivity contribution in [1.82, 2.24) is 10.2 Å². The van der Waals surface area contributed by atoms with Crippen LogP contribution in [-0.4, -0.2) is 41.3 Å². The highest BCUT2D eigenvalue weighted by Gasteiger charge is 2.40. The summed E-state index contributed by atoms with van der Waals surface area (Å²) in [6.07, 6.45) is 2.36. The Labute approximate surface area is 113 Å². The summed E-state index contributed by atoms with van der Waals surface area (Å²) in [6, 6.07) is 10.5. The Kier molecular flexibility index (Phi) is 3.42. The molecule has 2 N–H and O–H groups in total. The molecule has 1 aliphatic carbocycles. The average molecular weight is 260 g/mol. The van der Waals surface area contributed by atoms with E-state index in [1.807, 2.05) is 18.2 Å². The second-order valence-electron chi connectivity index (χ2n) is 5.55. The van der Waals surface area contributed by atoms with E-state index in [9.17, 15) is 9.90 Å². The minimum Gasteiger partial charge on any atom is -0.391 e. The summed E-state index contributed by atoms with van der Waals surface area (Å²) in [5.74, 6) is 0.458. The number of urea groups is 1. The van der Waals surface area contributed by atoms with E-state index in [1.54, 1.807) is 4.90 Å². The van der Waals surface area contributed by atoms with Crippen LogP contribution < -0.4 is 5.32 Å². The van der Waals surface area contributed by atoms with Crippen molar-refractivity contribution in [3.8, 4) is 0 Å². The largest absolute Gasteiger partial charge is 0.391 e. The van der Waals surface area contributed by atoms with Crippen LogP contribution in [0.4, 0.5) is 4.79 Å².